The van der Waals surface area contributed by atoms with Crippen LogP contribution in [0, 0.1) is 5.92 Å². The van der Waals surface area contributed by atoms with Crippen LogP contribution >= 0.6 is 0 Å². The summed E-state index contributed by atoms with van der Waals surface area (Å²) in [6.07, 6.45) is 4.38. The van der Waals surface area contributed by atoms with Crippen molar-refractivity contribution in [3.05, 3.63) is 72.4 Å². The second kappa shape index (κ2) is 8.44. The molecule has 5 heteroatoms. The lowest BCUT2D eigenvalue weighted by atomic mass is 9.95. The molecule has 2 N–H and O–H groups in total. The quantitative estimate of drug-likeness (QED) is 0.762. The highest BCUT2D eigenvalue weighted by molar-refractivity contribution is 5.94. The maximum atomic E-state index is 11.8. The number of hydrogen-bond donors (Lipinski definition) is 2. The molecule has 2 aromatic rings. The Kier molecular flexibility index (Phi) is 5.80. The molecular formula is C20H23N3O2. The van der Waals surface area contributed by atoms with Gasteiger partial charge in [-0.15, -0.1) is 6.58 Å². The number of hydrogen-bond acceptors (Lipinski definition) is 4. The monoisotopic (exact) mass is 337 g/mol. The summed E-state index contributed by atoms with van der Waals surface area (Å²) in [7, 11) is 0. The highest BCUT2D eigenvalue weighted by Gasteiger charge is 2.29. The van der Waals surface area contributed by atoms with Crippen LogP contribution in [0.2, 0.25) is 0 Å². The Morgan fingerprint density at radius 3 is 2.84 bits per heavy atom. The normalized spacial score (nSPS) is 19.4. The first-order valence-electron chi connectivity index (χ1n) is 8.53. The van der Waals surface area contributed by atoms with Gasteiger partial charge in [0.1, 0.15) is 5.82 Å². The van der Waals surface area contributed by atoms with E-state index in [1.54, 1.807) is 18.3 Å². The molecule has 0 radical (unpaired) electrons. The third kappa shape index (κ3) is 4.45. The van der Waals surface area contributed by atoms with E-state index < -0.39 is 0 Å². The maximum Gasteiger partial charge on any atom is 0.253 e. The van der Waals surface area contributed by atoms with Crippen LogP contribution in [0.1, 0.15) is 28.4 Å². The summed E-state index contributed by atoms with van der Waals surface area (Å²) >= 11 is 0. The number of ether oxygens (including phenoxy) is 1. The van der Waals surface area contributed by atoms with Crippen molar-refractivity contribution in [2.24, 2.45) is 5.92 Å². The Hall–Kier alpha value is -2.66. The Labute approximate surface area is 148 Å². The number of rotatable bonds is 7. The summed E-state index contributed by atoms with van der Waals surface area (Å²) in [6.45, 7) is 5.59. The minimum atomic E-state index is -0.146. The van der Waals surface area contributed by atoms with Gasteiger partial charge in [0.15, 0.2) is 0 Å². The van der Waals surface area contributed by atoms with Crippen LogP contribution in [0.15, 0.2) is 61.3 Å². The van der Waals surface area contributed by atoms with Crippen molar-refractivity contribution in [1.82, 2.24) is 10.3 Å². The van der Waals surface area contributed by atoms with Crippen LogP contribution < -0.4 is 10.6 Å². The topological polar surface area (TPSA) is 63.2 Å². The highest BCUT2D eigenvalue weighted by Crippen LogP contribution is 2.34. The first-order chi connectivity index (χ1) is 12.3. The average Bonchev–Trinajstić information content (AvgIpc) is 3.14. The first kappa shape index (κ1) is 17.2. The number of nitrogens with zero attached hydrogens (tertiary/aromatic N) is 1. The molecule has 0 spiro atoms. The van der Waals surface area contributed by atoms with Gasteiger partial charge in [-0.2, -0.15) is 0 Å². The number of anilines is 1. The van der Waals surface area contributed by atoms with E-state index in [1.165, 1.54) is 5.56 Å². The van der Waals surface area contributed by atoms with Gasteiger partial charge in [-0.05, 0) is 24.1 Å². The summed E-state index contributed by atoms with van der Waals surface area (Å²) in [5.74, 6) is 1.02. The summed E-state index contributed by atoms with van der Waals surface area (Å²) in [5.41, 5.74) is 1.76. The van der Waals surface area contributed by atoms with Crippen molar-refractivity contribution in [1.29, 1.82) is 0 Å². The fraction of sp³-hybridized carbons (Fsp3) is 0.300. The number of aromatic nitrogens is 1. The predicted molar refractivity (Wildman–Crippen MR) is 98.5 cm³/mol. The summed E-state index contributed by atoms with van der Waals surface area (Å²) in [6, 6.07) is 13.9. The van der Waals surface area contributed by atoms with Crippen LogP contribution in [0.4, 0.5) is 5.82 Å². The molecule has 1 fully saturated rings. The molecule has 2 unspecified atom stereocenters. The highest BCUT2D eigenvalue weighted by atomic mass is 16.5. The number of benzene rings is 1. The van der Waals surface area contributed by atoms with E-state index in [4.69, 9.17) is 4.74 Å². The third-order valence-electron chi connectivity index (χ3n) is 4.32. The van der Waals surface area contributed by atoms with Crippen LogP contribution in [-0.4, -0.2) is 30.6 Å². The molecule has 5 nitrogen and oxygen atoms in total. The summed E-state index contributed by atoms with van der Waals surface area (Å²) in [4.78, 5) is 16.2. The van der Waals surface area contributed by atoms with Crippen molar-refractivity contribution < 1.29 is 9.53 Å². The van der Waals surface area contributed by atoms with Crippen molar-refractivity contribution in [3.63, 3.8) is 0 Å². The van der Waals surface area contributed by atoms with Crippen LogP contribution in [-0.2, 0) is 4.74 Å². The van der Waals surface area contributed by atoms with E-state index in [2.05, 4.69) is 34.3 Å². The lowest BCUT2D eigenvalue weighted by molar-refractivity contribution is 0.0933. The molecular weight excluding hydrogens is 314 g/mol. The number of carbonyl (C=O) groups excluding carboxylic acids is 1. The van der Waals surface area contributed by atoms with Gasteiger partial charge in [0.2, 0.25) is 0 Å². The Bertz CT molecular complexity index is 701. The molecule has 1 saturated heterocycles. The minimum Gasteiger partial charge on any atom is -0.373 e. The Balaban J connectivity index is 1.56. The van der Waals surface area contributed by atoms with Crippen molar-refractivity contribution in [2.45, 2.75) is 12.5 Å². The molecule has 0 aliphatic carbocycles. The lowest BCUT2D eigenvalue weighted by Crippen LogP contribution is -2.23. The van der Waals surface area contributed by atoms with Gasteiger partial charge in [0.05, 0.1) is 11.7 Å². The third-order valence-corrected chi connectivity index (χ3v) is 4.32. The second-order valence-electron chi connectivity index (χ2n) is 6.06. The van der Waals surface area contributed by atoms with Gasteiger partial charge >= 0.3 is 0 Å². The van der Waals surface area contributed by atoms with Gasteiger partial charge in [-0.1, -0.05) is 36.4 Å². The lowest BCUT2D eigenvalue weighted by Gasteiger charge is -2.19. The van der Waals surface area contributed by atoms with E-state index in [9.17, 15) is 4.79 Å². The van der Waals surface area contributed by atoms with Crippen molar-refractivity contribution in [3.8, 4) is 0 Å². The van der Waals surface area contributed by atoms with Crippen molar-refractivity contribution in [2.75, 3.05) is 25.0 Å². The summed E-state index contributed by atoms with van der Waals surface area (Å²) in [5, 5.41) is 6.09. The Morgan fingerprint density at radius 2 is 2.12 bits per heavy atom. The van der Waals surface area contributed by atoms with E-state index >= 15 is 0 Å². The average molecular weight is 337 g/mol. The molecule has 25 heavy (non-hydrogen) atoms. The molecule has 2 heterocycles. The maximum absolute atomic E-state index is 11.8. The fourth-order valence-corrected chi connectivity index (χ4v) is 2.99. The molecule has 130 valence electrons. The van der Waals surface area contributed by atoms with Crippen LogP contribution in [0.5, 0.6) is 0 Å². The molecule has 1 aliphatic heterocycles. The first-order valence-corrected chi connectivity index (χ1v) is 8.53. The summed E-state index contributed by atoms with van der Waals surface area (Å²) < 4.78 is 5.91. The zero-order valence-corrected chi connectivity index (χ0v) is 14.2. The van der Waals surface area contributed by atoms with Gasteiger partial charge in [-0.3, -0.25) is 4.79 Å². The number of carbonyl (C=O) groups is 1. The van der Waals surface area contributed by atoms with E-state index in [-0.39, 0.29) is 12.0 Å². The molecule has 0 bridgehead atoms. The SMILES string of the molecule is C=CCNC(=O)c1ccc(NCC2CCOC2c2ccccc2)nc1. The Morgan fingerprint density at radius 1 is 1.28 bits per heavy atom. The second-order valence-corrected chi connectivity index (χ2v) is 6.06. The fourth-order valence-electron chi connectivity index (χ4n) is 2.99. The van der Waals surface area contributed by atoms with E-state index in [0.29, 0.717) is 18.0 Å². The molecule has 1 amide bonds. The zero-order chi connectivity index (χ0) is 17.5. The molecule has 1 aliphatic rings. The largest absolute Gasteiger partial charge is 0.373 e. The minimum absolute atomic E-state index is 0.123. The number of pyridine rings is 1. The van der Waals surface area contributed by atoms with Gasteiger partial charge in [0.25, 0.3) is 5.91 Å². The van der Waals surface area contributed by atoms with Crippen molar-refractivity contribution >= 4 is 11.7 Å². The standard InChI is InChI=1S/C20H23N3O2/c1-2-11-21-20(24)17-8-9-18(23-14-17)22-13-16-10-12-25-19(16)15-6-4-3-5-7-15/h2-9,14,16,19H,1,10-13H2,(H,21,24)(H,22,23). The van der Waals surface area contributed by atoms with E-state index in [1.807, 2.05) is 24.3 Å². The number of amides is 1. The van der Waals surface area contributed by atoms with Crippen LogP contribution in [0.25, 0.3) is 0 Å². The van der Waals surface area contributed by atoms with E-state index in [0.717, 1.165) is 25.4 Å². The smallest absolute Gasteiger partial charge is 0.253 e. The van der Waals surface area contributed by atoms with Crippen LogP contribution in [0.3, 0.4) is 0 Å². The molecule has 1 aromatic carbocycles. The molecule has 0 saturated carbocycles. The number of nitrogens with one attached hydrogen (secondary N) is 2. The van der Waals surface area contributed by atoms with Gasteiger partial charge < -0.3 is 15.4 Å². The molecule has 1 aromatic heterocycles. The zero-order valence-electron chi connectivity index (χ0n) is 14.2. The van der Waals surface area contributed by atoms with Gasteiger partial charge in [-0.25, -0.2) is 4.98 Å². The molecule has 2 atom stereocenters. The van der Waals surface area contributed by atoms with Gasteiger partial charge in [0, 0.05) is 31.8 Å². The molecule has 3 rings (SSSR count). The predicted octanol–water partition coefficient (Wildman–Crippen LogP) is 3.19.